The lowest BCUT2D eigenvalue weighted by Crippen LogP contribution is -2.03. The van der Waals surface area contributed by atoms with Crippen molar-refractivity contribution < 1.29 is 5.11 Å². The Hall–Kier alpha value is 0.310. The minimum Gasteiger partial charge on any atom is -0.383 e. The highest BCUT2D eigenvalue weighted by molar-refractivity contribution is 7.80. The van der Waals surface area contributed by atoms with Gasteiger partial charge in [-0.1, -0.05) is 26.7 Å². The first-order valence-corrected chi connectivity index (χ1v) is 4.04. The first-order valence-electron chi connectivity index (χ1n) is 3.53. The average Bonchev–Trinajstić information content (AvgIpc) is 1.63. The van der Waals surface area contributed by atoms with E-state index in [1.807, 2.05) is 0 Å². The van der Waals surface area contributed by atoms with Crippen LogP contribution in [0, 0.1) is 5.92 Å². The largest absolute Gasteiger partial charge is 0.383 e. The van der Waals surface area contributed by atoms with Crippen molar-refractivity contribution in [2.45, 2.75) is 38.5 Å². The van der Waals surface area contributed by atoms with Gasteiger partial charge >= 0.3 is 0 Å². The van der Waals surface area contributed by atoms with Crippen LogP contribution in [-0.2, 0) is 0 Å². The fourth-order valence-corrected chi connectivity index (χ4v) is 1.33. The zero-order valence-corrected chi connectivity index (χ0v) is 7.06. The van der Waals surface area contributed by atoms with Crippen LogP contribution in [0.4, 0.5) is 0 Å². The van der Waals surface area contributed by atoms with E-state index in [4.69, 9.17) is 5.11 Å². The molecular formula is C7H16OS. The van der Waals surface area contributed by atoms with Gasteiger partial charge in [0.05, 0.1) is 5.44 Å². The van der Waals surface area contributed by atoms with Crippen molar-refractivity contribution in [1.82, 2.24) is 0 Å². The van der Waals surface area contributed by atoms with Crippen LogP contribution in [0.15, 0.2) is 0 Å². The molecule has 1 nitrogen and oxygen atoms in total. The highest BCUT2D eigenvalue weighted by Gasteiger charge is 2.03. The van der Waals surface area contributed by atoms with Crippen LogP contribution in [0.1, 0.15) is 33.1 Å². The Labute approximate surface area is 62.9 Å². The Morgan fingerprint density at radius 3 is 2.44 bits per heavy atom. The predicted molar refractivity (Wildman–Crippen MR) is 43.7 cm³/mol. The maximum absolute atomic E-state index is 8.81. The summed E-state index contributed by atoms with van der Waals surface area (Å²) in [5.74, 6) is 0.613. The van der Waals surface area contributed by atoms with Crippen LogP contribution in [0.2, 0.25) is 0 Å². The zero-order chi connectivity index (χ0) is 7.28. The van der Waals surface area contributed by atoms with E-state index < -0.39 is 5.44 Å². The fraction of sp³-hybridized carbons (Fsp3) is 1.00. The lowest BCUT2D eigenvalue weighted by molar-refractivity contribution is 0.227. The molecule has 0 aromatic heterocycles. The summed E-state index contributed by atoms with van der Waals surface area (Å²) in [4.78, 5) is 0. The molecule has 0 aromatic carbocycles. The Kier molecular flexibility index (Phi) is 5.30. The van der Waals surface area contributed by atoms with Crippen molar-refractivity contribution >= 4 is 12.6 Å². The molecule has 2 unspecified atom stereocenters. The molecule has 0 bridgehead atoms. The third-order valence-corrected chi connectivity index (χ3v) is 1.61. The topological polar surface area (TPSA) is 20.2 Å². The van der Waals surface area contributed by atoms with E-state index >= 15 is 0 Å². The maximum Gasteiger partial charge on any atom is 0.0967 e. The van der Waals surface area contributed by atoms with Gasteiger partial charge in [0, 0.05) is 0 Å². The van der Waals surface area contributed by atoms with Crippen molar-refractivity contribution in [3.05, 3.63) is 0 Å². The molecule has 2 atom stereocenters. The molecular weight excluding hydrogens is 132 g/mol. The number of rotatable bonds is 4. The lowest BCUT2D eigenvalue weighted by Gasteiger charge is -2.10. The Bertz CT molecular complexity index is 63.9. The molecule has 0 saturated heterocycles. The molecule has 0 rings (SSSR count). The highest BCUT2D eigenvalue weighted by Crippen LogP contribution is 2.13. The molecule has 0 amide bonds. The smallest absolute Gasteiger partial charge is 0.0967 e. The molecule has 0 radical (unpaired) electrons. The number of aliphatic hydroxyl groups is 1. The minimum atomic E-state index is -0.424. The van der Waals surface area contributed by atoms with Gasteiger partial charge in [0.15, 0.2) is 0 Å². The van der Waals surface area contributed by atoms with Crippen molar-refractivity contribution in [2.24, 2.45) is 5.92 Å². The normalized spacial score (nSPS) is 17.3. The molecule has 0 saturated carbocycles. The molecule has 0 fully saturated rings. The first kappa shape index (κ1) is 9.31. The maximum atomic E-state index is 8.81. The Morgan fingerprint density at radius 1 is 1.56 bits per heavy atom. The Morgan fingerprint density at radius 2 is 2.11 bits per heavy atom. The Balaban J connectivity index is 3.15. The summed E-state index contributed by atoms with van der Waals surface area (Å²) >= 11 is 3.89. The third-order valence-electron chi connectivity index (χ3n) is 1.39. The summed E-state index contributed by atoms with van der Waals surface area (Å²) in [5, 5.41) is 8.81. The second-order valence-electron chi connectivity index (χ2n) is 2.61. The highest BCUT2D eigenvalue weighted by atomic mass is 32.1. The number of thiol groups is 1. The van der Waals surface area contributed by atoms with Gasteiger partial charge in [-0.25, -0.2) is 0 Å². The van der Waals surface area contributed by atoms with Crippen LogP contribution in [0.25, 0.3) is 0 Å². The van der Waals surface area contributed by atoms with Crippen LogP contribution in [0.3, 0.4) is 0 Å². The summed E-state index contributed by atoms with van der Waals surface area (Å²) < 4.78 is 0. The fourth-order valence-electron chi connectivity index (χ4n) is 0.971. The summed E-state index contributed by atoms with van der Waals surface area (Å²) in [6.07, 6.45) is 3.20. The lowest BCUT2D eigenvalue weighted by atomic mass is 10.0. The third kappa shape index (κ3) is 6.19. The van der Waals surface area contributed by atoms with Crippen LogP contribution in [-0.4, -0.2) is 10.5 Å². The molecule has 2 heteroatoms. The summed E-state index contributed by atoms with van der Waals surface area (Å²) in [7, 11) is 0. The predicted octanol–water partition coefficient (Wildman–Crippen LogP) is 2.06. The van der Waals surface area contributed by atoms with E-state index in [0.717, 1.165) is 6.42 Å². The van der Waals surface area contributed by atoms with Crippen molar-refractivity contribution in [1.29, 1.82) is 0 Å². The summed E-state index contributed by atoms with van der Waals surface area (Å²) in [6.45, 7) is 4.30. The standard InChI is InChI=1S/C7H16OS/c1-3-4-6(2)5-7(8)9/h6-9H,3-5H2,1-2H3. The minimum absolute atomic E-state index is 0.424. The van der Waals surface area contributed by atoms with Gasteiger partial charge in [-0.2, -0.15) is 0 Å². The quantitative estimate of drug-likeness (QED) is 0.462. The van der Waals surface area contributed by atoms with Gasteiger partial charge in [0.2, 0.25) is 0 Å². The number of aliphatic hydroxyl groups excluding tert-OH is 1. The molecule has 56 valence electrons. The number of hydrogen-bond acceptors (Lipinski definition) is 2. The van der Waals surface area contributed by atoms with E-state index in [0.29, 0.717) is 5.92 Å². The number of hydrogen-bond donors (Lipinski definition) is 2. The molecule has 9 heavy (non-hydrogen) atoms. The van der Waals surface area contributed by atoms with Gasteiger partial charge in [-0.15, -0.1) is 12.6 Å². The van der Waals surface area contributed by atoms with Crippen molar-refractivity contribution in [2.75, 3.05) is 0 Å². The van der Waals surface area contributed by atoms with Crippen LogP contribution >= 0.6 is 12.6 Å². The second kappa shape index (κ2) is 5.12. The average molecular weight is 148 g/mol. The zero-order valence-electron chi connectivity index (χ0n) is 6.17. The van der Waals surface area contributed by atoms with E-state index in [9.17, 15) is 0 Å². The van der Waals surface area contributed by atoms with E-state index in [2.05, 4.69) is 26.5 Å². The molecule has 0 spiro atoms. The molecule has 0 aliphatic heterocycles. The SMILES string of the molecule is CCCC(C)CC(O)S. The molecule has 0 aliphatic carbocycles. The van der Waals surface area contributed by atoms with Gasteiger partial charge < -0.3 is 5.11 Å². The van der Waals surface area contributed by atoms with E-state index in [1.54, 1.807) is 0 Å². The molecule has 0 aliphatic rings. The van der Waals surface area contributed by atoms with Crippen molar-refractivity contribution in [3.63, 3.8) is 0 Å². The van der Waals surface area contributed by atoms with Gasteiger partial charge in [0.1, 0.15) is 0 Å². The van der Waals surface area contributed by atoms with Gasteiger partial charge in [0.25, 0.3) is 0 Å². The van der Waals surface area contributed by atoms with E-state index in [1.165, 1.54) is 12.8 Å². The van der Waals surface area contributed by atoms with Gasteiger partial charge in [-0.3, -0.25) is 0 Å². The monoisotopic (exact) mass is 148 g/mol. The summed E-state index contributed by atoms with van der Waals surface area (Å²) in [6, 6.07) is 0. The first-order chi connectivity index (χ1) is 4.16. The van der Waals surface area contributed by atoms with E-state index in [-0.39, 0.29) is 0 Å². The molecule has 0 heterocycles. The second-order valence-corrected chi connectivity index (χ2v) is 3.21. The van der Waals surface area contributed by atoms with Crippen LogP contribution < -0.4 is 0 Å². The summed E-state index contributed by atoms with van der Waals surface area (Å²) in [5.41, 5.74) is -0.424. The van der Waals surface area contributed by atoms with Gasteiger partial charge in [-0.05, 0) is 12.3 Å². The van der Waals surface area contributed by atoms with Crippen molar-refractivity contribution in [3.8, 4) is 0 Å². The molecule has 0 aromatic rings. The van der Waals surface area contributed by atoms with Crippen LogP contribution in [0.5, 0.6) is 0 Å². The molecule has 1 N–H and O–H groups in total.